The minimum atomic E-state index is -0.484. The Labute approximate surface area is 166 Å². The zero-order valence-corrected chi connectivity index (χ0v) is 16.5. The highest BCUT2D eigenvalue weighted by molar-refractivity contribution is 7.17. The van der Waals surface area contributed by atoms with Gasteiger partial charge in [-0.3, -0.25) is 4.79 Å². The number of carbonyl (C=O) groups excluding carboxylic acids is 3. The molecule has 0 saturated carbocycles. The number of nitrogens with one attached hydrogen (secondary N) is 1. The van der Waals surface area contributed by atoms with Crippen LogP contribution in [0.2, 0.25) is 0 Å². The number of fused-ring (bicyclic) bond motifs is 1. The van der Waals surface area contributed by atoms with Crippen LogP contribution in [-0.2, 0) is 27.1 Å². The molecule has 1 heterocycles. The number of aryl methyl sites for hydroxylation is 1. The molecule has 28 heavy (non-hydrogen) atoms. The van der Waals surface area contributed by atoms with Gasteiger partial charge in [-0.15, -0.1) is 11.3 Å². The lowest BCUT2D eigenvalue weighted by atomic mass is 10.1. The van der Waals surface area contributed by atoms with Gasteiger partial charge in [0.1, 0.15) is 10.8 Å². The van der Waals surface area contributed by atoms with E-state index in [9.17, 15) is 14.4 Å². The Bertz CT molecular complexity index is 904. The van der Waals surface area contributed by atoms with E-state index in [4.69, 9.17) is 9.47 Å². The van der Waals surface area contributed by atoms with Crippen molar-refractivity contribution >= 4 is 34.2 Å². The molecule has 0 fully saturated rings. The maximum Gasteiger partial charge on any atom is 0.341 e. The van der Waals surface area contributed by atoms with Crippen LogP contribution >= 0.6 is 11.3 Å². The molecule has 0 atom stereocenters. The molecule has 1 aliphatic rings. The molecule has 1 aromatic heterocycles. The number of hydrogen-bond acceptors (Lipinski definition) is 7. The molecule has 0 spiro atoms. The average molecular weight is 403 g/mol. The molecule has 8 heteroatoms. The lowest BCUT2D eigenvalue weighted by Gasteiger charge is -2.09. The molecule has 2 aromatic rings. The topological polar surface area (TPSA) is 90.9 Å². The fraction of sp³-hybridized carbons (Fsp3) is 0.350. The number of methoxy groups -OCH3 is 1. The van der Waals surface area contributed by atoms with E-state index in [1.807, 2.05) is 0 Å². The van der Waals surface area contributed by atoms with E-state index in [1.54, 1.807) is 25.1 Å². The van der Waals surface area contributed by atoms with Crippen LogP contribution in [0.15, 0.2) is 24.3 Å². The molecule has 1 amide bonds. The molecule has 148 valence electrons. The van der Waals surface area contributed by atoms with Crippen LogP contribution in [0, 0.1) is 0 Å². The van der Waals surface area contributed by atoms with Crippen molar-refractivity contribution in [2.24, 2.45) is 0 Å². The molecule has 0 aliphatic heterocycles. The van der Waals surface area contributed by atoms with Crippen molar-refractivity contribution in [1.29, 1.82) is 0 Å². The number of hydrogen-bond donors (Lipinski definition) is 1. The lowest BCUT2D eigenvalue weighted by molar-refractivity contribution is -0.118. The standard InChI is InChI=1S/C20H21NO6S/c1-3-26-20(24)17-14-8-5-9-15(14)28-18(17)21-16(22)11-27-13-7-4-6-12(10-13)19(23)25-2/h4,6-7,10H,3,5,8-9,11H2,1-2H3,(H,21,22). The van der Waals surface area contributed by atoms with Crippen molar-refractivity contribution in [2.75, 3.05) is 25.6 Å². The van der Waals surface area contributed by atoms with Crippen LogP contribution in [0.25, 0.3) is 0 Å². The molecular weight excluding hydrogens is 382 g/mol. The van der Waals surface area contributed by atoms with Gasteiger partial charge in [0.05, 0.1) is 24.8 Å². The summed E-state index contributed by atoms with van der Waals surface area (Å²) in [6.07, 6.45) is 2.72. The van der Waals surface area contributed by atoms with Crippen LogP contribution in [-0.4, -0.2) is 38.2 Å². The number of anilines is 1. The summed E-state index contributed by atoms with van der Waals surface area (Å²) in [7, 11) is 1.29. The van der Waals surface area contributed by atoms with Crippen molar-refractivity contribution in [3.63, 3.8) is 0 Å². The second-order valence-corrected chi connectivity index (χ2v) is 7.24. The zero-order valence-electron chi connectivity index (χ0n) is 15.7. The summed E-state index contributed by atoms with van der Waals surface area (Å²) in [6, 6.07) is 6.38. The van der Waals surface area contributed by atoms with Gasteiger partial charge in [-0.2, -0.15) is 0 Å². The third-order valence-electron chi connectivity index (χ3n) is 4.28. The summed E-state index contributed by atoms with van der Waals surface area (Å²) in [5, 5.41) is 3.26. The van der Waals surface area contributed by atoms with Gasteiger partial charge in [-0.1, -0.05) is 6.07 Å². The average Bonchev–Trinajstić information content (AvgIpc) is 3.26. The highest BCUT2D eigenvalue weighted by Crippen LogP contribution is 2.39. The first-order valence-corrected chi connectivity index (χ1v) is 9.77. The maximum atomic E-state index is 12.3. The fourth-order valence-electron chi connectivity index (χ4n) is 3.05. The normalized spacial score (nSPS) is 12.2. The number of rotatable bonds is 7. The Morgan fingerprint density at radius 3 is 2.75 bits per heavy atom. The Balaban J connectivity index is 1.67. The van der Waals surface area contributed by atoms with Crippen molar-refractivity contribution in [1.82, 2.24) is 0 Å². The summed E-state index contributed by atoms with van der Waals surface area (Å²) in [5.74, 6) is -0.919. The summed E-state index contributed by atoms with van der Waals surface area (Å²) in [5.41, 5.74) is 1.77. The number of esters is 2. The summed E-state index contributed by atoms with van der Waals surface area (Å²) in [6.45, 7) is 1.77. The van der Waals surface area contributed by atoms with E-state index in [0.717, 1.165) is 29.7 Å². The fourth-order valence-corrected chi connectivity index (χ4v) is 4.35. The van der Waals surface area contributed by atoms with E-state index in [0.29, 0.717) is 21.9 Å². The van der Waals surface area contributed by atoms with Crippen LogP contribution in [0.1, 0.15) is 44.5 Å². The first-order valence-electron chi connectivity index (χ1n) is 8.96. The SMILES string of the molecule is CCOC(=O)c1c(NC(=O)COc2cccc(C(=O)OC)c2)sc2c1CCC2. The summed E-state index contributed by atoms with van der Waals surface area (Å²) < 4.78 is 15.3. The third-order valence-corrected chi connectivity index (χ3v) is 5.49. The molecule has 1 aromatic carbocycles. The Kier molecular flexibility index (Phi) is 6.30. The highest BCUT2D eigenvalue weighted by Gasteiger charge is 2.28. The van der Waals surface area contributed by atoms with Crippen molar-refractivity contribution in [3.05, 3.63) is 45.8 Å². The zero-order chi connectivity index (χ0) is 20.1. The Morgan fingerprint density at radius 1 is 1.18 bits per heavy atom. The Morgan fingerprint density at radius 2 is 2.00 bits per heavy atom. The van der Waals surface area contributed by atoms with E-state index in [2.05, 4.69) is 10.1 Å². The minimum Gasteiger partial charge on any atom is -0.484 e. The first-order chi connectivity index (χ1) is 13.5. The number of amides is 1. The second-order valence-electron chi connectivity index (χ2n) is 6.14. The number of ether oxygens (including phenoxy) is 3. The number of benzene rings is 1. The molecule has 0 unspecified atom stereocenters. The van der Waals surface area contributed by atoms with Gasteiger partial charge in [0.2, 0.25) is 0 Å². The van der Waals surface area contributed by atoms with Crippen LogP contribution < -0.4 is 10.1 Å². The number of carbonyl (C=O) groups is 3. The van der Waals surface area contributed by atoms with Crippen molar-refractivity contribution in [3.8, 4) is 5.75 Å². The molecule has 0 radical (unpaired) electrons. The van der Waals surface area contributed by atoms with E-state index in [1.165, 1.54) is 24.5 Å². The number of thiophene rings is 1. The van der Waals surface area contributed by atoms with Crippen LogP contribution in [0.5, 0.6) is 5.75 Å². The minimum absolute atomic E-state index is 0.255. The molecule has 1 N–H and O–H groups in total. The predicted molar refractivity (Wildman–Crippen MR) is 104 cm³/mol. The van der Waals surface area contributed by atoms with Gasteiger partial charge in [-0.05, 0) is 49.9 Å². The van der Waals surface area contributed by atoms with Crippen LogP contribution in [0.4, 0.5) is 5.00 Å². The van der Waals surface area contributed by atoms with Gasteiger partial charge in [-0.25, -0.2) is 9.59 Å². The molecular formula is C20H21NO6S. The quantitative estimate of drug-likeness (QED) is 0.714. The van der Waals surface area contributed by atoms with Crippen molar-refractivity contribution in [2.45, 2.75) is 26.2 Å². The Hall–Kier alpha value is -2.87. The second kappa shape index (κ2) is 8.88. The van der Waals surface area contributed by atoms with E-state index >= 15 is 0 Å². The summed E-state index contributed by atoms with van der Waals surface area (Å²) >= 11 is 1.41. The molecule has 3 rings (SSSR count). The van der Waals surface area contributed by atoms with Crippen LogP contribution in [0.3, 0.4) is 0 Å². The largest absolute Gasteiger partial charge is 0.484 e. The lowest BCUT2D eigenvalue weighted by Crippen LogP contribution is -2.21. The van der Waals surface area contributed by atoms with E-state index < -0.39 is 17.8 Å². The monoisotopic (exact) mass is 403 g/mol. The van der Waals surface area contributed by atoms with Gasteiger partial charge in [0.15, 0.2) is 6.61 Å². The maximum absolute atomic E-state index is 12.3. The van der Waals surface area contributed by atoms with E-state index in [-0.39, 0.29) is 13.2 Å². The predicted octanol–water partition coefficient (Wildman–Crippen LogP) is 3.22. The third kappa shape index (κ3) is 4.33. The smallest absolute Gasteiger partial charge is 0.341 e. The van der Waals surface area contributed by atoms with Gasteiger partial charge in [0.25, 0.3) is 5.91 Å². The molecule has 7 nitrogen and oxygen atoms in total. The molecule has 0 bridgehead atoms. The first kappa shape index (κ1) is 19.9. The van der Waals surface area contributed by atoms with Gasteiger partial charge in [0, 0.05) is 4.88 Å². The van der Waals surface area contributed by atoms with Gasteiger partial charge >= 0.3 is 11.9 Å². The summed E-state index contributed by atoms with van der Waals surface area (Å²) in [4.78, 5) is 37.4. The van der Waals surface area contributed by atoms with Crippen molar-refractivity contribution < 1.29 is 28.6 Å². The van der Waals surface area contributed by atoms with Gasteiger partial charge < -0.3 is 19.5 Å². The molecule has 0 saturated heterocycles. The highest BCUT2D eigenvalue weighted by atomic mass is 32.1. The molecule has 1 aliphatic carbocycles.